The van der Waals surface area contributed by atoms with Gasteiger partial charge in [-0.15, -0.1) is 0 Å². The quantitative estimate of drug-likeness (QED) is 0.643. The van der Waals surface area contributed by atoms with Crippen LogP contribution in [0.15, 0.2) is 12.4 Å². The first-order valence-corrected chi connectivity index (χ1v) is 1.54. The summed E-state index contributed by atoms with van der Waals surface area (Å²) in [6.45, 7) is 0. The van der Waals surface area contributed by atoms with Crippen molar-refractivity contribution in [3.63, 3.8) is 0 Å². The van der Waals surface area contributed by atoms with Crippen LogP contribution in [-0.2, 0) is 65.4 Å². The third-order valence-corrected chi connectivity index (χ3v) is 0.394. The standard InChI is InChI=1S/C4H2N2.CH3.2Y/c1-2-6-4-3-5-1;;;/h1,4H;1H3;;/q-2;-1;;. The first-order chi connectivity index (χ1) is 3.00. The van der Waals surface area contributed by atoms with E-state index < -0.39 is 0 Å². The maximum Gasteiger partial charge on any atom is 0 e. The molecule has 0 amide bonds. The van der Waals surface area contributed by atoms with Gasteiger partial charge in [-0.05, 0) is 0 Å². The summed E-state index contributed by atoms with van der Waals surface area (Å²) in [5.74, 6) is 0. The largest absolute Gasteiger partial charge is 0.495 e. The summed E-state index contributed by atoms with van der Waals surface area (Å²) >= 11 is 0. The zero-order valence-electron chi connectivity index (χ0n) is 5.20. The van der Waals surface area contributed by atoms with E-state index in [-0.39, 0.29) is 72.8 Å². The summed E-state index contributed by atoms with van der Waals surface area (Å²) in [5, 5.41) is 0. The normalized spacial score (nSPS) is 5.33. The maximum atomic E-state index is 3.54. The number of hydrogen-bond acceptors (Lipinski definition) is 2. The van der Waals surface area contributed by atoms with Gasteiger partial charge in [0.05, 0.1) is 0 Å². The summed E-state index contributed by atoms with van der Waals surface area (Å²) in [4.78, 5) is 7.08. The second-order valence-electron chi connectivity index (χ2n) is 0.775. The van der Waals surface area contributed by atoms with Crippen LogP contribution < -0.4 is 0 Å². The molecule has 0 bridgehead atoms. The molecule has 0 atom stereocenters. The Morgan fingerprint density at radius 2 is 1.22 bits per heavy atom. The Hall–Kier alpha value is 1.29. The van der Waals surface area contributed by atoms with E-state index in [1.807, 2.05) is 0 Å². The molecule has 2 nitrogen and oxygen atoms in total. The Labute approximate surface area is 106 Å². The van der Waals surface area contributed by atoms with E-state index in [2.05, 4.69) is 22.4 Å². The summed E-state index contributed by atoms with van der Waals surface area (Å²) < 4.78 is 0. The third-order valence-electron chi connectivity index (χ3n) is 0.394. The minimum absolute atomic E-state index is 0. The van der Waals surface area contributed by atoms with Crippen LogP contribution in [0.5, 0.6) is 0 Å². The molecule has 1 aromatic heterocycles. The molecule has 0 saturated heterocycles. The van der Waals surface area contributed by atoms with Crippen LogP contribution in [0.1, 0.15) is 0 Å². The van der Waals surface area contributed by atoms with Gasteiger partial charge in [-0.3, -0.25) is 0 Å². The molecule has 4 heteroatoms. The molecule has 0 saturated carbocycles. The summed E-state index contributed by atoms with van der Waals surface area (Å²) in [6.07, 6.45) is 7.92. The van der Waals surface area contributed by atoms with Crippen molar-refractivity contribution in [3.8, 4) is 0 Å². The topological polar surface area (TPSA) is 25.8 Å². The average Bonchev–Trinajstić information content (AvgIpc) is 1.72. The van der Waals surface area contributed by atoms with Gasteiger partial charge >= 0.3 is 0 Å². The average molecular weight is 271 g/mol. The van der Waals surface area contributed by atoms with Crippen molar-refractivity contribution in [2.24, 2.45) is 0 Å². The van der Waals surface area contributed by atoms with Gasteiger partial charge in [0.25, 0.3) is 0 Å². The van der Waals surface area contributed by atoms with E-state index in [1.54, 1.807) is 0 Å². The molecule has 1 heterocycles. The van der Waals surface area contributed by atoms with E-state index >= 15 is 0 Å². The van der Waals surface area contributed by atoms with Gasteiger partial charge in [0.15, 0.2) is 0 Å². The van der Waals surface area contributed by atoms with Crippen molar-refractivity contribution in [1.29, 1.82) is 0 Å². The minimum atomic E-state index is 0. The molecule has 0 N–H and O–H groups in total. The van der Waals surface area contributed by atoms with Gasteiger partial charge in [-0.1, -0.05) is 0 Å². The van der Waals surface area contributed by atoms with Crippen LogP contribution in [0.4, 0.5) is 0 Å². The molecule has 44 valence electrons. The fourth-order valence-corrected chi connectivity index (χ4v) is 0.199. The molecule has 0 aliphatic heterocycles. The van der Waals surface area contributed by atoms with E-state index in [0.29, 0.717) is 0 Å². The number of hydrogen-bond donors (Lipinski definition) is 0. The van der Waals surface area contributed by atoms with Gasteiger partial charge in [-0.25, -0.2) is 24.8 Å². The molecular weight excluding hydrogens is 266 g/mol. The van der Waals surface area contributed by atoms with E-state index in [4.69, 9.17) is 0 Å². The zero-order chi connectivity index (χ0) is 4.24. The Morgan fingerprint density at radius 1 is 0.889 bits per heavy atom. The van der Waals surface area contributed by atoms with Crippen LogP contribution in [-0.4, -0.2) is 9.97 Å². The van der Waals surface area contributed by atoms with Crippen LogP contribution in [0, 0.1) is 19.8 Å². The zero-order valence-corrected chi connectivity index (χ0v) is 10.9. The SMILES string of the molecule is [CH3-].[Y].[Y].[c-]1cn[c-]cn1. The van der Waals surface area contributed by atoms with Crippen LogP contribution in [0.2, 0.25) is 0 Å². The number of nitrogens with zero attached hydrogens (tertiary/aromatic N) is 2. The minimum Gasteiger partial charge on any atom is -0.495 e. The Morgan fingerprint density at radius 3 is 1.33 bits per heavy atom. The van der Waals surface area contributed by atoms with E-state index in [0.717, 1.165) is 0 Å². The van der Waals surface area contributed by atoms with Gasteiger partial charge in [0.2, 0.25) is 0 Å². The van der Waals surface area contributed by atoms with Crippen molar-refractivity contribution in [2.75, 3.05) is 0 Å². The van der Waals surface area contributed by atoms with Crippen molar-refractivity contribution < 1.29 is 65.4 Å². The second kappa shape index (κ2) is 12.0. The molecular formula is C5H5N2Y2-3. The van der Waals surface area contributed by atoms with Crippen molar-refractivity contribution in [1.82, 2.24) is 9.97 Å². The van der Waals surface area contributed by atoms with Gasteiger partial charge in [0.1, 0.15) is 0 Å². The molecule has 0 aliphatic rings. The van der Waals surface area contributed by atoms with E-state index in [9.17, 15) is 0 Å². The molecule has 0 spiro atoms. The van der Waals surface area contributed by atoms with Crippen molar-refractivity contribution in [3.05, 3.63) is 32.2 Å². The molecule has 2 radical (unpaired) electrons. The van der Waals surface area contributed by atoms with Crippen LogP contribution >= 0.6 is 0 Å². The van der Waals surface area contributed by atoms with Crippen molar-refractivity contribution >= 4 is 0 Å². The smallest absolute Gasteiger partial charge is 0 e. The summed E-state index contributed by atoms with van der Waals surface area (Å²) in [5.41, 5.74) is 0. The molecule has 1 rings (SSSR count). The van der Waals surface area contributed by atoms with E-state index in [1.165, 1.54) is 12.4 Å². The van der Waals surface area contributed by atoms with Crippen molar-refractivity contribution in [2.45, 2.75) is 0 Å². The predicted molar refractivity (Wildman–Crippen MR) is 26.1 cm³/mol. The molecule has 0 unspecified atom stereocenters. The fraction of sp³-hybridized carbons (Fsp3) is 0. The summed E-state index contributed by atoms with van der Waals surface area (Å²) in [6, 6.07) is 0. The number of rotatable bonds is 0. The predicted octanol–water partition coefficient (Wildman–Crippen LogP) is 0.522. The molecule has 0 aromatic carbocycles. The fourth-order valence-electron chi connectivity index (χ4n) is 0.199. The second-order valence-corrected chi connectivity index (χ2v) is 0.775. The summed E-state index contributed by atoms with van der Waals surface area (Å²) in [7, 11) is 0. The first-order valence-electron chi connectivity index (χ1n) is 1.54. The molecule has 0 fully saturated rings. The van der Waals surface area contributed by atoms with Gasteiger partial charge in [0, 0.05) is 65.4 Å². The molecule has 0 aliphatic carbocycles. The number of aromatic nitrogens is 2. The van der Waals surface area contributed by atoms with Crippen LogP contribution in [0.3, 0.4) is 0 Å². The van der Waals surface area contributed by atoms with Crippen LogP contribution in [0.25, 0.3) is 0 Å². The molecule has 1 aromatic rings. The Kier molecular flexibility index (Phi) is 22.3. The first kappa shape index (κ1) is 16.7. The Bertz CT molecular complexity index is 84.9. The van der Waals surface area contributed by atoms with Gasteiger partial charge < -0.3 is 17.4 Å². The Balaban J connectivity index is -0.000000120. The maximum absolute atomic E-state index is 3.54. The third kappa shape index (κ3) is 9.29. The van der Waals surface area contributed by atoms with Gasteiger partial charge in [-0.2, -0.15) is 0 Å². The monoisotopic (exact) mass is 271 g/mol. The molecule has 9 heavy (non-hydrogen) atoms.